The van der Waals surface area contributed by atoms with Crippen LogP contribution in [0.3, 0.4) is 0 Å². The normalized spacial score (nSPS) is 14.6. The Morgan fingerprint density at radius 2 is 2.29 bits per heavy atom. The average molecular weight is 235 g/mol. The molecule has 0 unspecified atom stereocenters. The summed E-state index contributed by atoms with van der Waals surface area (Å²) in [5.41, 5.74) is 1.05. The predicted molar refractivity (Wildman–Crippen MR) is 63.4 cm³/mol. The maximum atomic E-state index is 11.0. The number of carbonyl (C=O) groups is 1. The quantitative estimate of drug-likeness (QED) is 0.823. The van der Waals surface area contributed by atoms with E-state index in [4.69, 9.17) is 9.84 Å². The first kappa shape index (κ1) is 11.9. The molecule has 0 aromatic carbocycles. The van der Waals surface area contributed by atoms with Gasteiger partial charge in [-0.05, 0) is 31.2 Å². The van der Waals surface area contributed by atoms with Crippen molar-refractivity contribution in [2.75, 3.05) is 6.61 Å². The lowest BCUT2D eigenvalue weighted by Gasteiger charge is -2.07. The maximum absolute atomic E-state index is 11.0. The van der Waals surface area contributed by atoms with Gasteiger partial charge >= 0.3 is 5.97 Å². The summed E-state index contributed by atoms with van der Waals surface area (Å²) in [4.78, 5) is 15.3. The van der Waals surface area contributed by atoms with Crippen LogP contribution in [0.25, 0.3) is 0 Å². The molecule has 0 aliphatic heterocycles. The van der Waals surface area contributed by atoms with Gasteiger partial charge in [0.2, 0.25) is 5.88 Å². The Labute approximate surface area is 101 Å². The van der Waals surface area contributed by atoms with Gasteiger partial charge in [0.1, 0.15) is 0 Å². The van der Waals surface area contributed by atoms with Gasteiger partial charge in [-0.3, -0.25) is 0 Å². The average Bonchev–Trinajstić information content (AvgIpc) is 3.10. The van der Waals surface area contributed by atoms with Crippen molar-refractivity contribution in [1.82, 2.24) is 4.98 Å². The highest BCUT2D eigenvalue weighted by Crippen LogP contribution is 2.29. The molecule has 92 valence electrons. The van der Waals surface area contributed by atoms with Gasteiger partial charge in [0.05, 0.1) is 12.2 Å². The molecular weight excluding hydrogens is 218 g/mol. The van der Waals surface area contributed by atoms with Gasteiger partial charge in [-0.25, -0.2) is 9.78 Å². The van der Waals surface area contributed by atoms with Crippen LogP contribution in [-0.2, 0) is 6.42 Å². The van der Waals surface area contributed by atoms with Gasteiger partial charge in [0, 0.05) is 11.8 Å². The fourth-order valence-corrected chi connectivity index (χ4v) is 1.63. The van der Waals surface area contributed by atoms with E-state index in [0.29, 0.717) is 18.4 Å². The summed E-state index contributed by atoms with van der Waals surface area (Å²) in [7, 11) is 0. The molecule has 1 N–H and O–H groups in total. The van der Waals surface area contributed by atoms with Crippen molar-refractivity contribution in [3.8, 4) is 5.88 Å². The van der Waals surface area contributed by atoms with E-state index in [2.05, 4.69) is 4.98 Å². The molecular formula is C13H17NO3. The second-order valence-corrected chi connectivity index (χ2v) is 4.49. The molecule has 2 rings (SSSR count). The molecule has 0 bridgehead atoms. The van der Waals surface area contributed by atoms with Crippen LogP contribution in [0.2, 0.25) is 0 Å². The van der Waals surface area contributed by atoms with Crippen LogP contribution in [0.1, 0.15) is 42.2 Å². The van der Waals surface area contributed by atoms with Crippen LogP contribution in [0.15, 0.2) is 12.1 Å². The van der Waals surface area contributed by atoms with E-state index in [0.717, 1.165) is 18.5 Å². The minimum absolute atomic E-state index is 0.259. The summed E-state index contributed by atoms with van der Waals surface area (Å²) in [6.07, 6.45) is 4.14. The third-order valence-corrected chi connectivity index (χ3v) is 2.77. The summed E-state index contributed by atoms with van der Waals surface area (Å²) in [5, 5.41) is 9.01. The molecule has 1 aromatic rings. The van der Waals surface area contributed by atoms with Crippen LogP contribution >= 0.6 is 0 Å². The summed E-state index contributed by atoms with van der Waals surface area (Å²) in [6.45, 7) is 2.70. The Balaban J connectivity index is 2.13. The van der Waals surface area contributed by atoms with E-state index in [1.165, 1.54) is 18.9 Å². The van der Waals surface area contributed by atoms with Gasteiger partial charge in [-0.1, -0.05) is 13.3 Å². The predicted octanol–water partition coefficient (Wildman–Crippen LogP) is 2.52. The van der Waals surface area contributed by atoms with Gasteiger partial charge in [0.25, 0.3) is 0 Å². The topological polar surface area (TPSA) is 59.4 Å². The minimum atomic E-state index is -0.930. The van der Waals surface area contributed by atoms with Crippen LogP contribution in [0.4, 0.5) is 0 Å². The highest BCUT2D eigenvalue weighted by Gasteiger charge is 2.22. The smallest absolute Gasteiger partial charge is 0.335 e. The Kier molecular flexibility index (Phi) is 3.61. The standard InChI is InChI=1S/C13H17NO3/c1-2-3-11-6-10(13(15)16)7-12(14-11)17-8-9-4-5-9/h6-7,9H,2-5,8H2,1H3,(H,15,16). The molecule has 0 atom stereocenters. The minimum Gasteiger partial charge on any atom is -0.478 e. The number of carboxylic acid groups (broad SMARTS) is 1. The van der Waals surface area contributed by atoms with E-state index in [-0.39, 0.29) is 5.56 Å². The Hall–Kier alpha value is -1.58. The van der Waals surface area contributed by atoms with Crippen molar-refractivity contribution in [2.45, 2.75) is 32.6 Å². The first-order valence-electron chi connectivity index (χ1n) is 6.06. The Morgan fingerprint density at radius 1 is 1.53 bits per heavy atom. The zero-order valence-electron chi connectivity index (χ0n) is 9.98. The molecule has 0 radical (unpaired) electrons. The van der Waals surface area contributed by atoms with Crippen molar-refractivity contribution in [3.05, 3.63) is 23.4 Å². The van der Waals surface area contributed by atoms with Crippen molar-refractivity contribution >= 4 is 5.97 Å². The zero-order chi connectivity index (χ0) is 12.3. The molecule has 1 heterocycles. The lowest BCUT2D eigenvalue weighted by molar-refractivity contribution is 0.0696. The van der Waals surface area contributed by atoms with Crippen molar-refractivity contribution in [2.24, 2.45) is 5.92 Å². The number of aromatic carboxylic acids is 1. The van der Waals surface area contributed by atoms with E-state index in [1.54, 1.807) is 6.07 Å². The van der Waals surface area contributed by atoms with Crippen LogP contribution in [-0.4, -0.2) is 22.7 Å². The maximum Gasteiger partial charge on any atom is 0.335 e. The molecule has 1 fully saturated rings. The lowest BCUT2D eigenvalue weighted by atomic mass is 10.1. The van der Waals surface area contributed by atoms with Crippen LogP contribution in [0, 0.1) is 5.92 Å². The number of ether oxygens (including phenoxy) is 1. The molecule has 4 nitrogen and oxygen atoms in total. The fourth-order valence-electron chi connectivity index (χ4n) is 1.63. The second kappa shape index (κ2) is 5.17. The fraction of sp³-hybridized carbons (Fsp3) is 0.538. The lowest BCUT2D eigenvalue weighted by Crippen LogP contribution is -2.05. The van der Waals surface area contributed by atoms with Gasteiger partial charge < -0.3 is 9.84 Å². The third-order valence-electron chi connectivity index (χ3n) is 2.77. The molecule has 0 amide bonds. The first-order valence-corrected chi connectivity index (χ1v) is 6.06. The number of aryl methyl sites for hydroxylation is 1. The van der Waals surface area contributed by atoms with E-state index in [1.807, 2.05) is 6.92 Å². The summed E-state index contributed by atoms with van der Waals surface area (Å²) in [5.74, 6) is 0.154. The molecule has 4 heteroatoms. The Morgan fingerprint density at radius 3 is 2.88 bits per heavy atom. The number of aromatic nitrogens is 1. The molecule has 1 aliphatic rings. The van der Waals surface area contributed by atoms with Crippen LogP contribution in [0.5, 0.6) is 5.88 Å². The van der Waals surface area contributed by atoms with Crippen molar-refractivity contribution in [3.63, 3.8) is 0 Å². The largest absolute Gasteiger partial charge is 0.478 e. The first-order chi connectivity index (χ1) is 8.19. The van der Waals surface area contributed by atoms with E-state index < -0.39 is 5.97 Å². The molecule has 1 aromatic heterocycles. The zero-order valence-corrected chi connectivity index (χ0v) is 9.98. The Bertz CT molecular complexity index is 413. The molecule has 1 saturated carbocycles. The summed E-state index contributed by atoms with van der Waals surface area (Å²) < 4.78 is 5.53. The molecule has 0 spiro atoms. The van der Waals surface area contributed by atoms with E-state index >= 15 is 0 Å². The van der Waals surface area contributed by atoms with Crippen molar-refractivity contribution in [1.29, 1.82) is 0 Å². The SMILES string of the molecule is CCCc1cc(C(=O)O)cc(OCC2CC2)n1. The van der Waals surface area contributed by atoms with Gasteiger partial charge in [0.15, 0.2) is 0 Å². The summed E-state index contributed by atoms with van der Waals surface area (Å²) >= 11 is 0. The number of carboxylic acids is 1. The van der Waals surface area contributed by atoms with Crippen LogP contribution < -0.4 is 4.74 Å². The molecule has 0 saturated heterocycles. The third kappa shape index (κ3) is 3.44. The van der Waals surface area contributed by atoms with Crippen molar-refractivity contribution < 1.29 is 14.6 Å². The number of pyridine rings is 1. The second-order valence-electron chi connectivity index (χ2n) is 4.49. The monoisotopic (exact) mass is 235 g/mol. The number of rotatable bonds is 6. The highest BCUT2D eigenvalue weighted by atomic mass is 16.5. The molecule has 17 heavy (non-hydrogen) atoms. The number of hydrogen-bond acceptors (Lipinski definition) is 3. The highest BCUT2D eigenvalue weighted by molar-refractivity contribution is 5.88. The molecule has 1 aliphatic carbocycles. The van der Waals surface area contributed by atoms with E-state index in [9.17, 15) is 4.79 Å². The van der Waals surface area contributed by atoms with Gasteiger partial charge in [-0.2, -0.15) is 0 Å². The summed E-state index contributed by atoms with van der Waals surface area (Å²) in [6, 6.07) is 3.12. The number of hydrogen-bond donors (Lipinski definition) is 1. The number of nitrogens with zero attached hydrogens (tertiary/aromatic N) is 1. The van der Waals surface area contributed by atoms with Gasteiger partial charge in [-0.15, -0.1) is 0 Å².